The number of nitrogens with one attached hydrogen (secondary N) is 1. The molecule has 5 nitrogen and oxygen atoms in total. The lowest BCUT2D eigenvalue weighted by Gasteiger charge is -2.27. The molecular weight excluding hydrogens is 286 g/mol. The van der Waals surface area contributed by atoms with Gasteiger partial charge in [-0.3, -0.25) is 4.79 Å². The average molecular weight is 304 g/mol. The molecule has 0 aliphatic carbocycles. The predicted octanol–water partition coefficient (Wildman–Crippen LogP) is 1.60. The summed E-state index contributed by atoms with van der Waals surface area (Å²) in [6.07, 6.45) is 2.21. The molecule has 0 saturated heterocycles. The summed E-state index contributed by atoms with van der Waals surface area (Å²) < 4.78 is 1.86. The highest BCUT2D eigenvalue weighted by molar-refractivity contribution is 9.10. The Labute approximate surface area is 109 Å². The number of aromatic nitrogens is 2. The van der Waals surface area contributed by atoms with E-state index in [9.17, 15) is 4.79 Å². The number of halogens is 1. The zero-order valence-electron chi connectivity index (χ0n) is 10.3. The Kier molecular flexibility index (Phi) is 4.70. The normalized spacial score (nSPS) is 11.6. The molecule has 0 fully saturated rings. The summed E-state index contributed by atoms with van der Waals surface area (Å²) in [5, 5.41) is 16.2. The average Bonchev–Trinajstić information content (AvgIpc) is 2.25. The summed E-state index contributed by atoms with van der Waals surface area (Å²) in [6, 6.07) is 0. The van der Waals surface area contributed by atoms with E-state index in [0.717, 1.165) is 0 Å². The summed E-state index contributed by atoms with van der Waals surface area (Å²) in [4.78, 5) is 11.8. The van der Waals surface area contributed by atoms with Crippen LogP contribution in [0.4, 0.5) is 5.69 Å². The maximum Gasteiger partial charge on any atom is 0.283 e. The molecule has 96 valence electrons. The summed E-state index contributed by atoms with van der Waals surface area (Å²) in [6.45, 7) is 6.42. The second kappa shape index (κ2) is 5.64. The lowest BCUT2D eigenvalue weighted by molar-refractivity contribution is 0.261. The fourth-order valence-electron chi connectivity index (χ4n) is 1.48. The predicted molar refractivity (Wildman–Crippen MR) is 71.3 cm³/mol. The van der Waals surface area contributed by atoms with Crippen molar-refractivity contribution in [1.82, 2.24) is 9.78 Å². The smallest absolute Gasteiger partial charge is 0.283 e. The van der Waals surface area contributed by atoms with Crippen molar-refractivity contribution in [2.24, 2.45) is 0 Å². The Morgan fingerprint density at radius 1 is 1.59 bits per heavy atom. The molecular formula is C11H18BrN3O2. The molecule has 0 spiro atoms. The third-order valence-corrected chi connectivity index (χ3v) is 3.26. The first kappa shape index (κ1) is 14.2. The van der Waals surface area contributed by atoms with Crippen LogP contribution in [0.1, 0.15) is 27.2 Å². The van der Waals surface area contributed by atoms with Crippen molar-refractivity contribution in [2.45, 2.75) is 39.3 Å². The molecule has 0 saturated carbocycles. The number of aliphatic hydroxyl groups is 1. The van der Waals surface area contributed by atoms with E-state index in [1.807, 2.05) is 20.8 Å². The van der Waals surface area contributed by atoms with Crippen LogP contribution in [-0.4, -0.2) is 27.0 Å². The van der Waals surface area contributed by atoms with Gasteiger partial charge in [-0.05, 0) is 43.1 Å². The number of hydrogen-bond donors (Lipinski definition) is 2. The highest BCUT2D eigenvalue weighted by Gasteiger charge is 2.19. The van der Waals surface area contributed by atoms with Crippen molar-refractivity contribution in [1.29, 1.82) is 0 Å². The van der Waals surface area contributed by atoms with E-state index in [1.165, 1.54) is 4.68 Å². The van der Waals surface area contributed by atoms with Crippen molar-refractivity contribution < 1.29 is 5.11 Å². The Morgan fingerprint density at radius 2 is 2.24 bits per heavy atom. The van der Waals surface area contributed by atoms with Crippen LogP contribution in [0.3, 0.4) is 0 Å². The molecule has 1 aromatic rings. The van der Waals surface area contributed by atoms with E-state index in [0.29, 0.717) is 23.1 Å². The minimum atomic E-state index is -0.288. The quantitative estimate of drug-likeness (QED) is 0.867. The molecule has 0 aliphatic heterocycles. The molecule has 1 heterocycles. The number of rotatable bonds is 5. The van der Waals surface area contributed by atoms with Crippen LogP contribution in [0.25, 0.3) is 0 Å². The Morgan fingerprint density at radius 3 is 2.76 bits per heavy atom. The minimum absolute atomic E-state index is 0.0943. The van der Waals surface area contributed by atoms with Gasteiger partial charge in [-0.25, -0.2) is 4.68 Å². The zero-order chi connectivity index (χ0) is 13.1. The second-order valence-electron chi connectivity index (χ2n) is 4.48. The van der Waals surface area contributed by atoms with Gasteiger partial charge in [0.2, 0.25) is 0 Å². The third-order valence-electron chi connectivity index (χ3n) is 2.49. The zero-order valence-corrected chi connectivity index (χ0v) is 11.9. The molecule has 2 N–H and O–H groups in total. The van der Waals surface area contributed by atoms with Crippen LogP contribution in [0, 0.1) is 0 Å². The summed E-state index contributed by atoms with van der Waals surface area (Å²) in [5.74, 6) is 0. The summed E-state index contributed by atoms with van der Waals surface area (Å²) in [7, 11) is 0. The van der Waals surface area contributed by atoms with Crippen molar-refractivity contribution >= 4 is 21.6 Å². The molecule has 1 rings (SSSR count). The number of aliphatic hydroxyl groups excluding tert-OH is 1. The van der Waals surface area contributed by atoms with Gasteiger partial charge in [0.1, 0.15) is 4.47 Å². The van der Waals surface area contributed by atoms with Gasteiger partial charge in [-0.2, -0.15) is 5.10 Å². The van der Waals surface area contributed by atoms with Crippen molar-refractivity contribution in [3.63, 3.8) is 0 Å². The van der Waals surface area contributed by atoms with Gasteiger partial charge in [0.05, 0.1) is 11.9 Å². The van der Waals surface area contributed by atoms with Crippen LogP contribution < -0.4 is 10.9 Å². The summed E-state index contributed by atoms with van der Waals surface area (Å²) in [5.41, 5.74) is 0.208. The number of anilines is 1. The minimum Gasteiger partial charge on any atom is -0.396 e. The van der Waals surface area contributed by atoms with Crippen molar-refractivity contribution in [3.05, 3.63) is 21.0 Å². The lowest BCUT2D eigenvalue weighted by Crippen LogP contribution is -2.34. The molecule has 1 aromatic heterocycles. The van der Waals surface area contributed by atoms with Crippen LogP contribution in [0.5, 0.6) is 0 Å². The molecule has 0 aromatic carbocycles. The first-order valence-corrected chi connectivity index (χ1v) is 6.35. The van der Waals surface area contributed by atoms with E-state index in [1.54, 1.807) is 6.20 Å². The highest BCUT2D eigenvalue weighted by Crippen LogP contribution is 2.22. The molecule has 0 aliphatic rings. The number of nitrogens with zero attached hydrogens (tertiary/aromatic N) is 2. The second-order valence-corrected chi connectivity index (χ2v) is 5.27. The van der Waals surface area contributed by atoms with E-state index in [4.69, 9.17) is 5.11 Å². The molecule has 0 amide bonds. The van der Waals surface area contributed by atoms with Gasteiger partial charge in [0.15, 0.2) is 0 Å². The lowest BCUT2D eigenvalue weighted by atomic mass is 10.0. The maximum absolute atomic E-state index is 11.8. The van der Waals surface area contributed by atoms with Crippen molar-refractivity contribution in [3.8, 4) is 0 Å². The molecule has 0 bridgehead atoms. The standard InChI is InChI=1S/C11H18BrN3O2/c1-4-15-10(17)9(12)8(7-13-15)14-11(2,3)5-6-16/h7,14,16H,4-6H2,1-3H3. The van der Waals surface area contributed by atoms with E-state index >= 15 is 0 Å². The van der Waals surface area contributed by atoms with Gasteiger partial charge in [-0.15, -0.1) is 0 Å². The monoisotopic (exact) mass is 303 g/mol. The topological polar surface area (TPSA) is 67.2 Å². The molecule has 0 radical (unpaired) electrons. The fourth-order valence-corrected chi connectivity index (χ4v) is 1.89. The Bertz CT molecular complexity index is 443. The Hall–Kier alpha value is -0.880. The fraction of sp³-hybridized carbons (Fsp3) is 0.636. The van der Waals surface area contributed by atoms with Gasteiger partial charge in [-0.1, -0.05) is 0 Å². The first-order chi connectivity index (χ1) is 7.91. The Balaban J connectivity index is 3.01. The molecule has 0 unspecified atom stereocenters. The van der Waals surface area contributed by atoms with E-state index in [2.05, 4.69) is 26.3 Å². The first-order valence-electron chi connectivity index (χ1n) is 5.56. The van der Waals surface area contributed by atoms with E-state index in [-0.39, 0.29) is 17.7 Å². The molecule has 0 atom stereocenters. The van der Waals surface area contributed by atoms with Crippen LogP contribution >= 0.6 is 15.9 Å². The van der Waals surface area contributed by atoms with Gasteiger partial charge in [0.25, 0.3) is 5.56 Å². The summed E-state index contributed by atoms with van der Waals surface area (Å²) >= 11 is 3.28. The van der Waals surface area contributed by atoms with Gasteiger partial charge >= 0.3 is 0 Å². The highest BCUT2D eigenvalue weighted by atomic mass is 79.9. The van der Waals surface area contributed by atoms with Crippen molar-refractivity contribution in [2.75, 3.05) is 11.9 Å². The maximum atomic E-state index is 11.8. The van der Waals surface area contributed by atoms with Crippen LogP contribution in [0.2, 0.25) is 0 Å². The van der Waals surface area contributed by atoms with Gasteiger partial charge in [0, 0.05) is 18.7 Å². The number of aryl methyl sites for hydroxylation is 1. The van der Waals surface area contributed by atoms with Crippen LogP contribution in [0.15, 0.2) is 15.5 Å². The molecule has 17 heavy (non-hydrogen) atoms. The number of hydrogen-bond acceptors (Lipinski definition) is 4. The SMILES string of the molecule is CCn1ncc(NC(C)(C)CCO)c(Br)c1=O. The molecule has 6 heteroatoms. The third kappa shape index (κ3) is 3.54. The van der Waals surface area contributed by atoms with E-state index < -0.39 is 0 Å². The van der Waals surface area contributed by atoms with Gasteiger partial charge < -0.3 is 10.4 Å². The largest absolute Gasteiger partial charge is 0.396 e. The van der Waals surface area contributed by atoms with Crippen LogP contribution in [-0.2, 0) is 6.54 Å².